The number of piperidine rings is 1. The molecule has 2 amide bonds. The van der Waals surface area contributed by atoms with Crippen LogP contribution in [0.1, 0.15) is 38.7 Å². The van der Waals surface area contributed by atoms with Crippen molar-refractivity contribution < 1.29 is 18.0 Å². The average molecular weight is 485 g/mol. The molecule has 2 aromatic carbocycles. The molecule has 0 spiro atoms. The highest BCUT2D eigenvalue weighted by molar-refractivity contribution is 7.89. The molecule has 1 saturated heterocycles. The lowest BCUT2D eigenvalue weighted by molar-refractivity contribution is -0.125. The fourth-order valence-electron chi connectivity index (χ4n) is 4.77. The van der Waals surface area contributed by atoms with Crippen molar-refractivity contribution >= 4 is 33.2 Å². The minimum Gasteiger partial charge on any atom is -0.358 e. The van der Waals surface area contributed by atoms with E-state index in [0.29, 0.717) is 25.3 Å². The van der Waals surface area contributed by atoms with Crippen LogP contribution in [0, 0.1) is 0 Å². The first-order chi connectivity index (χ1) is 16.4. The highest BCUT2D eigenvalue weighted by atomic mass is 32.2. The molecule has 0 bridgehead atoms. The molecule has 2 heterocycles. The van der Waals surface area contributed by atoms with Crippen LogP contribution in [-0.2, 0) is 26.2 Å². The summed E-state index contributed by atoms with van der Waals surface area (Å²) in [6, 6.07) is 14.2. The molecule has 2 aromatic rings. The molecule has 8 nitrogen and oxygen atoms in total. The van der Waals surface area contributed by atoms with Gasteiger partial charge in [-0.1, -0.05) is 44.2 Å². The maximum absolute atomic E-state index is 13.5. The Kier molecular flexibility index (Phi) is 7.23. The Labute approximate surface area is 201 Å². The van der Waals surface area contributed by atoms with Crippen molar-refractivity contribution in [3.63, 3.8) is 0 Å². The summed E-state index contributed by atoms with van der Waals surface area (Å²) in [5.74, 6) is -0.441. The normalized spacial score (nSPS) is 18.0. The standard InChI is InChI=1S/C25H32N4O4S/c1-3-27(4-2)34(32,33)20-13-14-21-23(16-20)29(25(31)22-12-8-9-15-28(21)22)18-24(30)26-17-19-10-6-5-7-11-19/h5-7,10-11,13-14,16,22H,3-4,8-9,12,15,17-18H2,1-2H3,(H,26,30)/t22-/m1/s1. The lowest BCUT2D eigenvalue weighted by atomic mass is 9.96. The SMILES string of the molecule is CCN(CC)S(=O)(=O)c1ccc2c(c1)N(CC(=O)NCc1ccccc1)C(=O)[C@H]1CCCCN21. The van der Waals surface area contributed by atoms with E-state index in [1.165, 1.54) is 9.21 Å². The maximum Gasteiger partial charge on any atom is 0.250 e. The first kappa shape index (κ1) is 24.2. The molecule has 2 aliphatic rings. The number of rotatable bonds is 8. The van der Waals surface area contributed by atoms with Gasteiger partial charge in [0.25, 0.3) is 0 Å². The average Bonchev–Trinajstić information content (AvgIpc) is 2.86. The van der Waals surface area contributed by atoms with E-state index < -0.39 is 10.0 Å². The van der Waals surface area contributed by atoms with Crippen molar-refractivity contribution in [3.05, 3.63) is 54.1 Å². The molecule has 1 fully saturated rings. The van der Waals surface area contributed by atoms with Crippen LogP contribution in [0.25, 0.3) is 0 Å². The summed E-state index contributed by atoms with van der Waals surface area (Å²) in [5.41, 5.74) is 2.25. The van der Waals surface area contributed by atoms with Crippen LogP contribution in [-0.4, -0.2) is 56.8 Å². The molecule has 2 aliphatic heterocycles. The molecule has 0 aliphatic carbocycles. The van der Waals surface area contributed by atoms with E-state index in [-0.39, 0.29) is 29.3 Å². The van der Waals surface area contributed by atoms with E-state index in [2.05, 4.69) is 10.2 Å². The summed E-state index contributed by atoms with van der Waals surface area (Å²) < 4.78 is 27.7. The number of nitrogens with one attached hydrogen (secondary N) is 1. The van der Waals surface area contributed by atoms with Crippen molar-refractivity contribution in [2.75, 3.05) is 36.0 Å². The molecule has 9 heteroatoms. The number of sulfonamides is 1. The first-order valence-corrected chi connectivity index (χ1v) is 13.3. The van der Waals surface area contributed by atoms with Gasteiger partial charge in [0, 0.05) is 26.2 Å². The number of anilines is 2. The summed E-state index contributed by atoms with van der Waals surface area (Å²) in [7, 11) is -3.70. The minimum absolute atomic E-state index is 0.132. The van der Waals surface area contributed by atoms with Crippen molar-refractivity contribution in [2.24, 2.45) is 0 Å². The third-order valence-electron chi connectivity index (χ3n) is 6.58. The number of fused-ring (bicyclic) bond motifs is 3. The number of nitrogens with zero attached hydrogens (tertiary/aromatic N) is 3. The zero-order chi connectivity index (χ0) is 24.3. The zero-order valence-electron chi connectivity index (χ0n) is 19.7. The topological polar surface area (TPSA) is 90.0 Å². The summed E-state index contributed by atoms with van der Waals surface area (Å²) in [6.45, 7) is 5.25. The maximum atomic E-state index is 13.5. The largest absolute Gasteiger partial charge is 0.358 e. The van der Waals surface area contributed by atoms with Crippen LogP contribution in [0.3, 0.4) is 0 Å². The second-order valence-corrected chi connectivity index (χ2v) is 10.6. The van der Waals surface area contributed by atoms with Gasteiger partial charge < -0.3 is 10.2 Å². The van der Waals surface area contributed by atoms with Crippen LogP contribution in [0.2, 0.25) is 0 Å². The smallest absolute Gasteiger partial charge is 0.250 e. The molecule has 4 rings (SSSR count). The number of hydrogen-bond acceptors (Lipinski definition) is 5. The summed E-state index contributed by atoms with van der Waals surface area (Å²) >= 11 is 0. The lowest BCUT2D eigenvalue weighted by Crippen LogP contribution is -2.57. The molecule has 182 valence electrons. The predicted molar refractivity (Wildman–Crippen MR) is 132 cm³/mol. The molecule has 0 aromatic heterocycles. The Balaban J connectivity index is 1.66. The Morgan fingerprint density at radius 3 is 2.50 bits per heavy atom. The van der Waals surface area contributed by atoms with Gasteiger partial charge >= 0.3 is 0 Å². The molecule has 34 heavy (non-hydrogen) atoms. The van der Waals surface area contributed by atoms with Gasteiger partial charge in [-0.3, -0.25) is 14.5 Å². The van der Waals surface area contributed by atoms with Gasteiger partial charge in [0.1, 0.15) is 12.6 Å². The Hall–Kier alpha value is -2.91. The highest BCUT2D eigenvalue weighted by Gasteiger charge is 2.40. The number of hydrogen-bond donors (Lipinski definition) is 1. The first-order valence-electron chi connectivity index (χ1n) is 11.9. The molecular formula is C25H32N4O4S. The van der Waals surface area contributed by atoms with Gasteiger partial charge in [-0.2, -0.15) is 4.31 Å². The zero-order valence-corrected chi connectivity index (χ0v) is 20.6. The van der Waals surface area contributed by atoms with Gasteiger partial charge in [0.2, 0.25) is 21.8 Å². The number of benzene rings is 2. The van der Waals surface area contributed by atoms with Crippen molar-refractivity contribution in [1.29, 1.82) is 0 Å². The Morgan fingerprint density at radius 1 is 1.06 bits per heavy atom. The summed E-state index contributed by atoms with van der Waals surface area (Å²) in [4.78, 5) is 30.0. The van der Waals surface area contributed by atoms with E-state index in [1.54, 1.807) is 32.0 Å². The second-order valence-electron chi connectivity index (χ2n) is 8.63. The molecule has 0 saturated carbocycles. The molecule has 0 unspecified atom stereocenters. The third-order valence-corrected chi connectivity index (χ3v) is 8.62. The second kappa shape index (κ2) is 10.1. The van der Waals surface area contributed by atoms with Gasteiger partial charge in [-0.05, 0) is 43.0 Å². The van der Waals surface area contributed by atoms with E-state index in [1.807, 2.05) is 30.3 Å². The van der Waals surface area contributed by atoms with Gasteiger partial charge in [-0.15, -0.1) is 0 Å². The monoisotopic (exact) mass is 484 g/mol. The van der Waals surface area contributed by atoms with Gasteiger partial charge in [0.15, 0.2) is 0 Å². The number of amides is 2. The Bertz CT molecular complexity index is 1150. The molecule has 1 atom stereocenters. The fraction of sp³-hybridized carbons (Fsp3) is 0.440. The van der Waals surface area contributed by atoms with Gasteiger partial charge in [0.05, 0.1) is 16.3 Å². The molecule has 0 radical (unpaired) electrons. The lowest BCUT2D eigenvalue weighted by Gasteiger charge is -2.45. The third kappa shape index (κ3) is 4.67. The van der Waals surface area contributed by atoms with Crippen LogP contribution >= 0.6 is 0 Å². The van der Waals surface area contributed by atoms with E-state index >= 15 is 0 Å². The van der Waals surface area contributed by atoms with E-state index in [9.17, 15) is 18.0 Å². The van der Waals surface area contributed by atoms with E-state index in [4.69, 9.17) is 0 Å². The van der Waals surface area contributed by atoms with E-state index in [0.717, 1.165) is 37.1 Å². The Morgan fingerprint density at radius 2 is 1.79 bits per heavy atom. The van der Waals surface area contributed by atoms with Crippen molar-refractivity contribution in [2.45, 2.75) is 50.6 Å². The molecule has 1 N–H and O–H groups in total. The number of carbonyl (C=O) groups excluding carboxylic acids is 2. The summed E-state index contributed by atoms with van der Waals surface area (Å²) in [5, 5.41) is 2.88. The molecular weight excluding hydrogens is 452 g/mol. The number of carbonyl (C=O) groups is 2. The fourth-order valence-corrected chi connectivity index (χ4v) is 6.25. The van der Waals surface area contributed by atoms with Crippen molar-refractivity contribution in [3.8, 4) is 0 Å². The summed E-state index contributed by atoms with van der Waals surface area (Å²) in [6.07, 6.45) is 2.64. The van der Waals surface area contributed by atoms with Crippen LogP contribution in [0.5, 0.6) is 0 Å². The highest BCUT2D eigenvalue weighted by Crippen LogP contribution is 2.41. The van der Waals surface area contributed by atoms with Crippen LogP contribution in [0.15, 0.2) is 53.4 Å². The van der Waals surface area contributed by atoms with Gasteiger partial charge in [-0.25, -0.2) is 8.42 Å². The van der Waals surface area contributed by atoms with Crippen LogP contribution < -0.4 is 15.1 Å². The minimum atomic E-state index is -3.70. The van der Waals surface area contributed by atoms with Crippen LogP contribution in [0.4, 0.5) is 11.4 Å². The predicted octanol–water partition coefficient (Wildman–Crippen LogP) is 2.74. The quantitative estimate of drug-likeness (QED) is 0.622. The van der Waals surface area contributed by atoms with Crippen molar-refractivity contribution in [1.82, 2.24) is 9.62 Å².